The average molecular weight is 688 g/mol. The average Bonchev–Trinajstić information content (AvgIpc) is 3.68. The van der Waals surface area contributed by atoms with Crippen molar-refractivity contribution in [3.63, 3.8) is 0 Å². The zero-order valence-corrected chi connectivity index (χ0v) is 30.4. The number of carbonyl (C=O) groups is 2. The van der Waals surface area contributed by atoms with E-state index in [0.29, 0.717) is 32.2 Å². The Kier molecular flexibility index (Phi) is 11.5. The van der Waals surface area contributed by atoms with Crippen LogP contribution in [0.2, 0.25) is 0 Å². The lowest BCUT2D eigenvalue weighted by atomic mass is 9.93. The zero-order valence-electron chi connectivity index (χ0n) is 29.6. The molecule has 6 rings (SSSR count). The van der Waals surface area contributed by atoms with Gasteiger partial charge in [-0.25, -0.2) is 4.99 Å². The zero-order chi connectivity index (χ0) is 34.4. The molecule has 2 fully saturated rings. The van der Waals surface area contributed by atoms with Gasteiger partial charge in [0.1, 0.15) is 11.6 Å². The van der Waals surface area contributed by atoms with Crippen molar-refractivity contribution in [2.45, 2.75) is 103 Å². The van der Waals surface area contributed by atoms with E-state index in [9.17, 15) is 9.59 Å². The lowest BCUT2D eigenvalue weighted by Gasteiger charge is -2.42. The highest BCUT2D eigenvalue weighted by Gasteiger charge is 2.44. The summed E-state index contributed by atoms with van der Waals surface area (Å²) >= 11 is 1.65. The molecule has 3 atom stereocenters. The van der Waals surface area contributed by atoms with E-state index in [4.69, 9.17) is 9.73 Å². The van der Waals surface area contributed by atoms with E-state index in [-0.39, 0.29) is 30.0 Å². The second-order valence-corrected chi connectivity index (χ2v) is 15.7. The van der Waals surface area contributed by atoms with Crippen molar-refractivity contribution in [3.05, 3.63) is 65.3 Å². The van der Waals surface area contributed by atoms with E-state index in [1.807, 2.05) is 35.4 Å². The van der Waals surface area contributed by atoms with Crippen LogP contribution in [0, 0.1) is 0 Å². The summed E-state index contributed by atoms with van der Waals surface area (Å²) in [5.41, 5.74) is 0.591. The number of aliphatic imine (C=N–C) groups is 1. The fourth-order valence-electron chi connectivity index (χ4n) is 7.34. The second kappa shape index (κ2) is 16.0. The van der Waals surface area contributed by atoms with Crippen molar-refractivity contribution in [3.8, 4) is 0 Å². The van der Waals surface area contributed by atoms with E-state index < -0.39 is 11.6 Å². The Bertz CT molecular complexity index is 1550. The number of hydrogen-bond donors (Lipinski definition) is 2. The molecule has 0 aliphatic carbocycles. The second-order valence-electron chi connectivity index (χ2n) is 14.6. The van der Waals surface area contributed by atoms with Gasteiger partial charge >= 0.3 is 0 Å². The van der Waals surface area contributed by atoms with Crippen LogP contribution >= 0.6 is 11.3 Å². The van der Waals surface area contributed by atoms with Gasteiger partial charge in [-0.05, 0) is 76.9 Å². The van der Waals surface area contributed by atoms with E-state index in [1.54, 1.807) is 22.4 Å². The molecule has 0 saturated carbocycles. The Morgan fingerprint density at radius 1 is 1.04 bits per heavy atom. The summed E-state index contributed by atoms with van der Waals surface area (Å²) in [6.07, 6.45) is 10.1. The van der Waals surface area contributed by atoms with Gasteiger partial charge in [0, 0.05) is 46.5 Å². The molecule has 264 valence electrons. The standard InChI is InChI=1S/C38H53N7O3S/c1-27(2)41-31(15-9-12-20-43-18-10-6-11-19-43)36(47)45-22-21-44(37-42-38(3,4)34(48-37)28-13-7-5-8-14-28)26-32(45)35(46)40-25-30-23-29-24-39-17-16-33(29)49-30/h5,7-8,13-14,16-17,23-24,27,31-32,34,41H,6,9-12,15,18-22,25-26H2,1-4H3,(H,40,46)/t31-,32+,34?/m1/s1. The fourth-order valence-corrected chi connectivity index (χ4v) is 8.31. The minimum atomic E-state index is -0.688. The van der Waals surface area contributed by atoms with Crippen LogP contribution in [0.5, 0.6) is 0 Å². The van der Waals surface area contributed by atoms with Crippen molar-refractivity contribution in [1.82, 2.24) is 30.3 Å². The van der Waals surface area contributed by atoms with Crippen LogP contribution in [0.25, 0.3) is 10.1 Å². The van der Waals surface area contributed by atoms with Crippen LogP contribution in [-0.4, -0.2) is 100 Å². The molecule has 5 heterocycles. The molecule has 0 bridgehead atoms. The van der Waals surface area contributed by atoms with Crippen LogP contribution in [0.3, 0.4) is 0 Å². The number of benzene rings is 1. The first-order valence-corrected chi connectivity index (χ1v) is 18.9. The van der Waals surface area contributed by atoms with Gasteiger partial charge in [-0.15, -0.1) is 11.3 Å². The summed E-state index contributed by atoms with van der Waals surface area (Å²) in [7, 11) is 0. The lowest BCUT2D eigenvalue weighted by Crippen LogP contribution is -2.64. The summed E-state index contributed by atoms with van der Waals surface area (Å²) in [5, 5.41) is 7.78. The van der Waals surface area contributed by atoms with E-state index >= 15 is 0 Å². The largest absolute Gasteiger partial charge is 0.454 e. The molecule has 0 spiro atoms. The smallest absolute Gasteiger partial charge is 0.288 e. The maximum atomic E-state index is 14.4. The number of aromatic nitrogens is 1. The van der Waals surface area contributed by atoms with Crippen LogP contribution in [0.15, 0.2) is 59.9 Å². The first-order chi connectivity index (χ1) is 23.7. The van der Waals surface area contributed by atoms with Gasteiger partial charge in [-0.2, -0.15) is 0 Å². The Morgan fingerprint density at radius 3 is 2.59 bits per heavy atom. The van der Waals surface area contributed by atoms with Crippen LogP contribution < -0.4 is 10.6 Å². The number of pyridine rings is 1. The Morgan fingerprint density at radius 2 is 1.84 bits per heavy atom. The highest BCUT2D eigenvalue weighted by molar-refractivity contribution is 7.19. The number of piperazine rings is 1. The van der Waals surface area contributed by atoms with E-state index in [0.717, 1.165) is 46.3 Å². The quantitative estimate of drug-likeness (QED) is 0.248. The lowest BCUT2D eigenvalue weighted by molar-refractivity contribution is -0.145. The first-order valence-electron chi connectivity index (χ1n) is 18.1. The maximum absolute atomic E-state index is 14.4. The van der Waals surface area contributed by atoms with Crippen molar-refractivity contribution in [2.24, 2.45) is 4.99 Å². The number of thiophene rings is 1. The first kappa shape index (κ1) is 35.3. The molecule has 1 unspecified atom stereocenters. The van der Waals surface area contributed by atoms with Crippen molar-refractivity contribution in [2.75, 3.05) is 39.3 Å². The predicted octanol–water partition coefficient (Wildman–Crippen LogP) is 5.35. The number of nitrogens with zero attached hydrogens (tertiary/aromatic N) is 5. The summed E-state index contributed by atoms with van der Waals surface area (Å²) in [6, 6.07) is 13.9. The van der Waals surface area contributed by atoms with E-state index in [1.165, 1.54) is 32.4 Å². The maximum Gasteiger partial charge on any atom is 0.288 e. The van der Waals surface area contributed by atoms with Crippen LogP contribution in [-0.2, 0) is 20.9 Å². The number of ether oxygens (including phenoxy) is 1. The number of piperidine rings is 1. The van der Waals surface area contributed by atoms with E-state index in [2.05, 4.69) is 66.4 Å². The molecule has 3 aliphatic heterocycles. The van der Waals surface area contributed by atoms with Crippen LogP contribution in [0.4, 0.5) is 0 Å². The molecule has 11 heteroatoms. The summed E-state index contributed by atoms with van der Waals surface area (Å²) in [6.45, 7) is 13.4. The monoisotopic (exact) mass is 687 g/mol. The number of amidine groups is 1. The summed E-state index contributed by atoms with van der Waals surface area (Å²) < 4.78 is 7.66. The molecule has 3 aliphatic rings. The summed E-state index contributed by atoms with van der Waals surface area (Å²) in [4.78, 5) is 45.2. The van der Waals surface area contributed by atoms with Gasteiger partial charge in [0.25, 0.3) is 6.02 Å². The molecule has 2 amide bonds. The summed E-state index contributed by atoms with van der Waals surface area (Å²) in [5.74, 6) is -0.171. The molecule has 0 radical (unpaired) electrons. The van der Waals surface area contributed by atoms with Gasteiger partial charge in [0.15, 0.2) is 6.10 Å². The highest BCUT2D eigenvalue weighted by atomic mass is 32.1. The highest BCUT2D eigenvalue weighted by Crippen LogP contribution is 2.38. The molecule has 10 nitrogen and oxygen atoms in total. The van der Waals surface area contributed by atoms with Crippen molar-refractivity contribution >= 4 is 39.3 Å². The Hall–Kier alpha value is -3.54. The minimum Gasteiger partial charge on any atom is -0.454 e. The normalized spacial score (nSPS) is 21.9. The van der Waals surface area contributed by atoms with Gasteiger partial charge < -0.3 is 30.1 Å². The molecular formula is C38H53N7O3S. The number of hydrogen-bond acceptors (Lipinski definition) is 9. The predicted molar refractivity (Wildman–Crippen MR) is 197 cm³/mol. The number of nitrogens with one attached hydrogen (secondary N) is 2. The molecule has 49 heavy (non-hydrogen) atoms. The van der Waals surface area contributed by atoms with Gasteiger partial charge in [0.2, 0.25) is 11.8 Å². The van der Waals surface area contributed by atoms with Gasteiger partial charge in [-0.3, -0.25) is 14.6 Å². The topological polar surface area (TPSA) is 102 Å². The molecule has 3 aromatic rings. The number of rotatable bonds is 12. The number of amides is 2. The number of likely N-dealkylation sites (tertiary alicyclic amines) is 1. The Balaban J connectivity index is 1.17. The number of carbonyl (C=O) groups excluding carboxylic acids is 2. The number of unbranched alkanes of at least 4 members (excludes halogenated alkanes) is 1. The minimum absolute atomic E-state index is 0.00354. The van der Waals surface area contributed by atoms with Crippen molar-refractivity contribution < 1.29 is 14.3 Å². The SMILES string of the molecule is CC(C)N[C@H](CCCCN1CCCCC1)C(=O)N1CCN(C2=NC(C)(C)C(c3ccccc3)O2)C[C@H]1C(=O)NCc1cc2cnccc2s1. The molecular weight excluding hydrogens is 635 g/mol. The third kappa shape index (κ3) is 8.80. The molecule has 2 aromatic heterocycles. The molecule has 2 saturated heterocycles. The number of fused-ring (bicyclic) bond motifs is 1. The van der Waals surface area contributed by atoms with Crippen molar-refractivity contribution in [1.29, 1.82) is 0 Å². The Labute approximate surface area is 295 Å². The van der Waals surface area contributed by atoms with Crippen LogP contribution in [0.1, 0.15) is 82.8 Å². The third-order valence-corrected chi connectivity index (χ3v) is 11.0. The molecule has 2 N–H and O–H groups in total. The third-order valence-electron chi connectivity index (χ3n) is 9.89. The van der Waals surface area contributed by atoms with Gasteiger partial charge in [-0.1, -0.05) is 57.0 Å². The molecule has 1 aromatic carbocycles. The fraction of sp³-hybridized carbons (Fsp3) is 0.579. The van der Waals surface area contributed by atoms with Gasteiger partial charge in [0.05, 0.1) is 19.1 Å².